The highest BCUT2D eigenvalue weighted by molar-refractivity contribution is 7.25. The van der Waals surface area contributed by atoms with E-state index in [0.29, 0.717) is 5.84 Å². The number of hydrogen-bond donors (Lipinski definition) is 0. The zero-order valence-electron chi connectivity index (χ0n) is 34.9. The summed E-state index contributed by atoms with van der Waals surface area (Å²) < 4.78 is 11.9. The number of benzene rings is 8. The van der Waals surface area contributed by atoms with E-state index in [0.717, 1.165) is 56.8 Å². The summed E-state index contributed by atoms with van der Waals surface area (Å²) in [6, 6.07) is 61.3. The lowest BCUT2D eigenvalue weighted by atomic mass is 9.73. The van der Waals surface area contributed by atoms with Gasteiger partial charge in [-0.2, -0.15) is 0 Å². The Morgan fingerprint density at radius 1 is 0.635 bits per heavy atom. The fourth-order valence-electron chi connectivity index (χ4n) is 10.5. The number of aliphatic imine (C=N–C) groups is 2. The van der Waals surface area contributed by atoms with Gasteiger partial charge in [-0.25, -0.2) is 9.98 Å². The molecule has 1 aliphatic carbocycles. The minimum Gasteiger partial charge on any atom is -0.485 e. The maximum atomic E-state index is 6.88. The molecule has 63 heavy (non-hydrogen) atoms. The number of aromatic nitrogens is 1. The summed E-state index contributed by atoms with van der Waals surface area (Å²) in [5, 5.41) is 9.75. The summed E-state index contributed by atoms with van der Waals surface area (Å²) in [6.45, 7) is 4.64. The van der Waals surface area contributed by atoms with Crippen LogP contribution in [0.5, 0.6) is 5.75 Å². The lowest BCUT2D eigenvalue weighted by molar-refractivity contribution is 0.228. The van der Waals surface area contributed by atoms with Crippen molar-refractivity contribution < 1.29 is 4.74 Å². The van der Waals surface area contributed by atoms with Gasteiger partial charge in [-0.05, 0) is 83.4 Å². The molecule has 2 aliphatic heterocycles. The summed E-state index contributed by atoms with van der Waals surface area (Å²) in [5.74, 6) is 1.72. The lowest BCUT2D eigenvalue weighted by Gasteiger charge is -2.33. The zero-order chi connectivity index (χ0) is 41.8. The number of rotatable bonds is 4. The molecule has 5 heteroatoms. The molecule has 3 aliphatic rings. The lowest BCUT2D eigenvalue weighted by Crippen LogP contribution is -2.35. The van der Waals surface area contributed by atoms with E-state index < -0.39 is 5.41 Å². The van der Waals surface area contributed by atoms with Crippen LogP contribution >= 0.6 is 11.3 Å². The summed E-state index contributed by atoms with van der Waals surface area (Å²) in [5.41, 5.74) is 9.31. The molecule has 8 aromatic carbocycles. The first kappa shape index (κ1) is 36.3. The van der Waals surface area contributed by atoms with Gasteiger partial charge in [0, 0.05) is 59.1 Å². The molecule has 0 spiro atoms. The second-order valence-corrected chi connectivity index (χ2v) is 18.6. The third-order valence-electron chi connectivity index (χ3n) is 13.7. The first-order chi connectivity index (χ1) is 31.0. The van der Waals surface area contributed by atoms with Crippen LogP contribution in [0.4, 0.5) is 0 Å². The summed E-state index contributed by atoms with van der Waals surface area (Å²) in [7, 11) is 0. The van der Waals surface area contributed by atoms with Gasteiger partial charge in [-0.3, -0.25) is 0 Å². The number of nitrogens with zero attached hydrogens (tertiary/aromatic N) is 3. The van der Waals surface area contributed by atoms with Crippen molar-refractivity contribution in [2.24, 2.45) is 15.9 Å². The Morgan fingerprint density at radius 2 is 1.35 bits per heavy atom. The molecule has 4 nitrogen and oxygen atoms in total. The van der Waals surface area contributed by atoms with E-state index in [2.05, 4.69) is 207 Å². The summed E-state index contributed by atoms with van der Waals surface area (Å²) in [4.78, 5) is 11.5. The highest BCUT2D eigenvalue weighted by atomic mass is 32.1. The van der Waals surface area contributed by atoms with Gasteiger partial charge in [0.2, 0.25) is 0 Å². The van der Waals surface area contributed by atoms with Crippen LogP contribution in [0.15, 0.2) is 209 Å². The van der Waals surface area contributed by atoms with Crippen molar-refractivity contribution in [3.05, 3.63) is 216 Å². The van der Waals surface area contributed by atoms with Crippen molar-refractivity contribution >= 4 is 92.1 Å². The first-order valence-corrected chi connectivity index (χ1v) is 22.7. The molecule has 0 bridgehead atoms. The van der Waals surface area contributed by atoms with Crippen LogP contribution in [0.1, 0.15) is 37.0 Å². The Hall–Kier alpha value is -7.34. The second-order valence-electron chi connectivity index (χ2n) is 17.5. The van der Waals surface area contributed by atoms with E-state index in [1.165, 1.54) is 58.2 Å². The van der Waals surface area contributed by atoms with Crippen molar-refractivity contribution in [1.82, 2.24) is 4.57 Å². The first-order valence-electron chi connectivity index (χ1n) is 21.9. The van der Waals surface area contributed by atoms with Crippen molar-refractivity contribution in [3.8, 4) is 5.75 Å². The van der Waals surface area contributed by atoms with Crippen molar-refractivity contribution in [2.75, 3.05) is 0 Å². The van der Waals surface area contributed by atoms with Crippen LogP contribution in [0, 0.1) is 5.92 Å². The molecule has 3 atom stereocenters. The fraction of sp³-hybridized carbons (Fsp3) is 0.103. The van der Waals surface area contributed by atoms with Gasteiger partial charge in [-0.15, -0.1) is 11.3 Å². The third kappa shape index (κ3) is 5.59. The van der Waals surface area contributed by atoms with Crippen LogP contribution in [-0.4, -0.2) is 22.2 Å². The zero-order valence-corrected chi connectivity index (χ0v) is 35.7. The van der Waals surface area contributed by atoms with Crippen molar-refractivity contribution in [1.29, 1.82) is 0 Å². The SMILES string of the molecule is CC1C/C=C(\C2=CC3(C)c4ccccc4OC3C=C2n2c3ccccc3c3cc4ccccc4cc32)N=C(c2ccc3ccccc3c2)N=C1c1cccc2sc3ccccc3c12. The number of allylic oxidation sites excluding steroid dienone is 2. The number of thiophene rings is 1. The molecule has 3 unspecified atom stereocenters. The topological polar surface area (TPSA) is 38.9 Å². The fourth-order valence-corrected chi connectivity index (χ4v) is 11.6. The molecule has 0 saturated heterocycles. The minimum atomic E-state index is -0.432. The van der Waals surface area contributed by atoms with Crippen molar-refractivity contribution in [3.63, 3.8) is 0 Å². The van der Waals surface area contributed by atoms with Crippen LogP contribution < -0.4 is 4.74 Å². The van der Waals surface area contributed by atoms with Gasteiger partial charge >= 0.3 is 0 Å². The molecular weight excluding hydrogens is 787 g/mol. The summed E-state index contributed by atoms with van der Waals surface area (Å²) >= 11 is 1.85. The predicted molar refractivity (Wildman–Crippen MR) is 266 cm³/mol. The van der Waals surface area contributed by atoms with Crippen LogP contribution in [-0.2, 0) is 5.41 Å². The van der Waals surface area contributed by atoms with E-state index in [-0.39, 0.29) is 12.0 Å². The highest BCUT2D eigenvalue weighted by Crippen LogP contribution is 2.51. The third-order valence-corrected chi connectivity index (χ3v) is 14.8. The molecule has 2 aromatic heterocycles. The van der Waals surface area contributed by atoms with Crippen LogP contribution in [0.2, 0.25) is 0 Å². The smallest absolute Gasteiger partial charge is 0.160 e. The number of amidine groups is 1. The van der Waals surface area contributed by atoms with Gasteiger partial charge in [0.15, 0.2) is 5.84 Å². The van der Waals surface area contributed by atoms with E-state index in [1.807, 2.05) is 11.3 Å². The largest absolute Gasteiger partial charge is 0.485 e. The van der Waals surface area contributed by atoms with Gasteiger partial charge in [0.25, 0.3) is 0 Å². The Morgan fingerprint density at radius 3 is 2.22 bits per heavy atom. The number of para-hydroxylation sites is 2. The summed E-state index contributed by atoms with van der Waals surface area (Å²) in [6.07, 6.45) is 7.73. The molecule has 300 valence electrons. The van der Waals surface area contributed by atoms with E-state index in [4.69, 9.17) is 14.7 Å². The normalized spacial score (nSPS) is 20.7. The van der Waals surface area contributed by atoms with Crippen LogP contribution in [0.25, 0.3) is 69.2 Å². The number of fused-ring (bicyclic) bond motifs is 11. The molecule has 0 saturated carbocycles. The van der Waals surface area contributed by atoms with Crippen LogP contribution in [0.3, 0.4) is 0 Å². The second kappa shape index (κ2) is 13.8. The minimum absolute atomic E-state index is 0.0883. The molecule has 10 aromatic rings. The molecule has 13 rings (SSSR count). The maximum Gasteiger partial charge on any atom is 0.160 e. The Labute approximate surface area is 369 Å². The van der Waals surface area contributed by atoms with Gasteiger partial charge in [0.05, 0.1) is 33.6 Å². The predicted octanol–water partition coefficient (Wildman–Crippen LogP) is 14.8. The molecule has 0 radical (unpaired) electrons. The quantitative estimate of drug-likeness (QED) is 0.174. The number of ether oxygens (including phenoxy) is 1. The molecule has 0 amide bonds. The molecular formula is C58H41N3OS. The Balaban J connectivity index is 1.08. The standard InChI is InChI=1S/C58H41N3OS/c1-35-26-29-47(59-57(40-28-27-36-14-3-4-15-37(36)30-40)60-56(35)43-20-13-25-53-55(43)42-19-8-12-24-52(42)63-53)45-34-58(2)46-21-9-11-23-51(46)62-54(58)33-50(45)61-48-22-10-7-18-41(48)44-31-38-16-5-6-17-39(38)32-49(44)61/h3-25,27-35,54H,26H2,1-2H3/b47-29+,59-57?,60-56?. The number of hydrogen-bond acceptors (Lipinski definition) is 4. The molecule has 0 N–H and O–H groups in total. The maximum absolute atomic E-state index is 6.88. The van der Waals surface area contributed by atoms with Gasteiger partial charge in [-0.1, -0.05) is 146 Å². The van der Waals surface area contributed by atoms with Crippen molar-refractivity contribution in [2.45, 2.75) is 31.8 Å². The Bertz CT molecular complexity index is 3740. The van der Waals surface area contributed by atoms with Gasteiger partial charge < -0.3 is 9.30 Å². The molecule has 0 fully saturated rings. The monoisotopic (exact) mass is 827 g/mol. The highest BCUT2D eigenvalue weighted by Gasteiger charge is 2.46. The van der Waals surface area contributed by atoms with E-state index in [9.17, 15) is 0 Å². The molecule has 4 heterocycles. The Kier molecular flexibility index (Phi) is 7.98. The van der Waals surface area contributed by atoms with Gasteiger partial charge in [0.1, 0.15) is 11.9 Å². The average Bonchev–Trinajstić information content (AvgIpc) is 3.96. The van der Waals surface area contributed by atoms with E-state index in [1.54, 1.807) is 0 Å². The average molecular weight is 828 g/mol. The van der Waals surface area contributed by atoms with E-state index >= 15 is 0 Å².